The summed E-state index contributed by atoms with van der Waals surface area (Å²) in [5, 5.41) is 16.8. The van der Waals surface area contributed by atoms with E-state index in [9.17, 15) is 5.11 Å². The molecule has 0 saturated heterocycles. The van der Waals surface area contributed by atoms with E-state index in [1.807, 2.05) is 61.5 Å². The van der Waals surface area contributed by atoms with Gasteiger partial charge in [-0.05, 0) is 43.0 Å². The Bertz CT molecular complexity index is 689. The van der Waals surface area contributed by atoms with Gasteiger partial charge in [0.05, 0.1) is 19.3 Å². The van der Waals surface area contributed by atoms with E-state index in [0.717, 1.165) is 42.4 Å². The predicted octanol–water partition coefficient (Wildman–Crippen LogP) is 3.65. The van der Waals surface area contributed by atoms with Gasteiger partial charge in [0.2, 0.25) is 0 Å². The molecule has 0 amide bonds. The number of hydrogen-bond donors (Lipinski definition) is 3. The number of hydrogen-bond acceptors (Lipinski definition) is 3. The molecular formula is C22H31N3O2. The number of guanidine groups is 1. The normalized spacial score (nSPS) is 12.5. The lowest BCUT2D eigenvalue weighted by Crippen LogP contribution is -2.38. The number of aliphatic hydroxyl groups is 1. The van der Waals surface area contributed by atoms with Crippen LogP contribution in [0.2, 0.25) is 0 Å². The largest absolute Gasteiger partial charge is 0.494 e. The molecule has 5 nitrogen and oxygen atoms in total. The van der Waals surface area contributed by atoms with Crippen LogP contribution in [0.5, 0.6) is 5.75 Å². The van der Waals surface area contributed by atoms with Crippen molar-refractivity contribution in [2.24, 2.45) is 4.99 Å². The fraction of sp³-hybridized carbons (Fsp3) is 0.409. The summed E-state index contributed by atoms with van der Waals surface area (Å²) in [6.07, 6.45) is 1.13. The minimum Gasteiger partial charge on any atom is -0.494 e. The summed E-state index contributed by atoms with van der Waals surface area (Å²) in [4.78, 5) is 4.63. The highest BCUT2D eigenvalue weighted by Crippen LogP contribution is 2.15. The minimum atomic E-state index is -0.478. The fourth-order valence-corrected chi connectivity index (χ4v) is 2.63. The number of ether oxygens (including phenoxy) is 1. The van der Waals surface area contributed by atoms with Crippen molar-refractivity contribution in [1.29, 1.82) is 0 Å². The molecule has 146 valence electrons. The zero-order chi connectivity index (χ0) is 19.3. The maximum absolute atomic E-state index is 10.3. The first kappa shape index (κ1) is 20.8. The molecule has 0 aliphatic heterocycles. The topological polar surface area (TPSA) is 65.9 Å². The molecular weight excluding hydrogens is 338 g/mol. The Hall–Kier alpha value is -2.53. The molecule has 0 radical (unpaired) electrons. The SMILES string of the molecule is CCCOc1cccc(CN=C(NCC)NCCC(O)c2ccccc2)c1. The van der Waals surface area contributed by atoms with Crippen LogP contribution in [-0.4, -0.2) is 30.8 Å². The third-order valence-corrected chi connectivity index (χ3v) is 4.03. The number of benzene rings is 2. The average molecular weight is 370 g/mol. The molecule has 0 spiro atoms. The van der Waals surface area contributed by atoms with Crippen LogP contribution in [-0.2, 0) is 6.54 Å². The van der Waals surface area contributed by atoms with Crippen molar-refractivity contribution in [3.63, 3.8) is 0 Å². The van der Waals surface area contributed by atoms with Gasteiger partial charge in [-0.25, -0.2) is 4.99 Å². The summed E-state index contributed by atoms with van der Waals surface area (Å²) in [5.74, 6) is 1.63. The number of aliphatic hydroxyl groups excluding tert-OH is 1. The molecule has 0 fully saturated rings. The van der Waals surface area contributed by atoms with Gasteiger partial charge in [0.25, 0.3) is 0 Å². The van der Waals surface area contributed by atoms with E-state index in [-0.39, 0.29) is 0 Å². The van der Waals surface area contributed by atoms with Crippen LogP contribution in [0.15, 0.2) is 59.6 Å². The maximum Gasteiger partial charge on any atom is 0.191 e. The van der Waals surface area contributed by atoms with Crippen molar-refractivity contribution in [3.8, 4) is 5.75 Å². The lowest BCUT2D eigenvalue weighted by molar-refractivity contribution is 0.168. The first-order valence-corrected chi connectivity index (χ1v) is 9.69. The summed E-state index contributed by atoms with van der Waals surface area (Å²) in [6, 6.07) is 17.8. The highest BCUT2D eigenvalue weighted by Gasteiger charge is 2.07. The number of nitrogens with zero attached hydrogens (tertiary/aromatic N) is 1. The van der Waals surface area contributed by atoms with Gasteiger partial charge in [0.1, 0.15) is 5.75 Å². The standard InChI is InChI=1S/C22H31N3O2/c1-3-15-27-20-12-8-9-18(16-20)17-25-22(23-4-2)24-14-13-21(26)19-10-6-5-7-11-19/h5-12,16,21,26H,3-4,13-15,17H2,1-2H3,(H2,23,24,25). The van der Waals surface area contributed by atoms with E-state index >= 15 is 0 Å². The molecule has 0 aliphatic rings. The lowest BCUT2D eigenvalue weighted by atomic mass is 10.1. The zero-order valence-electron chi connectivity index (χ0n) is 16.3. The first-order chi connectivity index (χ1) is 13.2. The Morgan fingerprint density at radius 3 is 2.63 bits per heavy atom. The van der Waals surface area contributed by atoms with Gasteiger partial charge < -0.3 is 20.5 Å². The fourth-order valence-electron chi connectivity index (χ4n) is 2.63. The van der Waals surface area contributed by atoms with E-state index in [1.54, 1.807) is 0 Å². The van der Waals surface area contributed by atoms with Crippen molar-refractivity contribution < 1.29 is 9.84 Å². The summed E-state index contributed by atoms with van der Waals surface area (Å²) >= 11 is 0. The third kappa shape index (κ3) is 7.71. The smallest absolute Gasteiger partial charge is 0.191 e. The van der Waals surface area contributed by atoms with Gasteiger partial charge in [0.15, 0.2) is 5.96 Å². The summed E-state index contributed by atoms with van der Waals surface area (Å²) in [5.41, 5.74) is 2.04. The van der Waals surface area contributed by atoms with Crippen molar-refractivity contribution >= 4 is 5.96 Å². The second kappa shape index (κ2) is 12.0. The molecule has 2 rings (SSSR count). The van der Waals surface area contributed by atoms with Gasteiger partial charge in [-0.1, -0.05) is 49.4 Å². The second-order valence-electron chi connectivity index (χ2n) is 6.33. The van der Waals surface area contributed by atoms with Crippen LogP contribution in [0.25, 0.3) is 0 Å². The van der Waals surface area contributed by atoms with Crippen LogP contribution in [0.3, 0.4) is 0 Å². The Morgan fingerprint density at radius 2 is 1.89 bits per heavy atom. The maximum atomic E-state index is 10.3. The first-order valence-electron chi connectivity index (χ1n) is 9.69. The van der Waals surface area contributed by atoms with Crippen molar-refractivity contribution in [3.05, 3.63) is 65.7 Å². The monoisotopic (exact) mass is 369 g/mol. The Labute approximate surface area is 162 Å². The predicted molar refractivity (Wildman–Crippen MR) is 111 cm³/mol. The molecule has 0 bridgehead atoms. The highest BCUT2D eigenvalue weighted by molar-refractivity contribution is 5.79. The van der Waals surface area contributed by atoms with Crippen LogP contribution in [0, 0.1) is 0 Å². The van der Waals surface area contributed by atoms with Gasteiger partial charge in [-0.2, -0.15) is 0 Å². The van der Waals surface area contributed by atoms with E-state index in [0.29, 0.717) is 19.5 Å². The van der Waals surface area contributed by atoms with Crippen LogP contribution < -0.4 is 15.4 Å². The Kier molecular flexibility index (Phi) is 9.21. The molecule has 5 heteroatoms. The second-order valence-corrected chi connectivity index (χ2v) is 6.33. The van der Waals surface area contributed by atoms with Gasteiger partial charge in [-0.15, -0.1) is 0 Å². The van der Waals surface area contributed by atoms with Gasteiger partial charge in [-0.3, -0.25) is 0 Å². The van der Waals surface area contributed by atoms with E-state index < -0.39 is 6.10 Å². The summed E-state index contributed by atoms with van der Waals surface area (Å²) in [7, 11) is 0. The van der Waals surface area contributed by atoms with E-state index in [4.69, 9.17) is 4.74 Å². The zero-order valence-corrected chi connectivity index (χ0v) is 16.3. The Balaban J connectivity index is 1.86. The molecule has 0 heterocycles. The Morgan fingerprint density at radius 1 is 1.07 bits per heavy atom. The molecule has 2 aromatic carbocycles. The molecule has 1 unspecified atom stereocenters. The highest BCUT2D eigenvalue weighted by atomic mass is 16.5. The lowest BCUT2D eigenvalue weighted by Gasteiger charge is -2.14. The van der Waals surface area contributed by atoms with Gasteiger partial charge in [0, 0.05) is 13.1 Å². The minimum absolute atomic E-state index is 0.478. The molecule has 0 aliphatic carbocycles. The van der Waals surface area contributed by atoms with Crippen LogP contribution >= 0.6 is 0 Å². The van der Waals surface area contributed by atoms with E-state index in [2.05, 4.69) is 22.5 Å². The van der Waals surface area contributed by atoms with E-state index in [1.165, 1.54) is 0 Å². The number of aliphatic imine (C=N–C) groups is 1. The average Bonchev–Trinajstić information content (AvgIpc) is 2.71. The van der Waals surface area contributed by atoms with Crippen molar-refractivity contribution in [2.75, 3.05) is 19.7 Å². The third-order valence-electron chi connectivity index (χ3n) is 4.03. The van der Waals surface area contributed by atoms with Crippen LogP contribution in [0.1, 0.15) is 43.9 Å². The molecule has 1 atom stereocenters. The molecule has 0 saturated carbocycles. The van der Waals surface area contributed by atoms with Crippen molar-refractivity contribution in [1.82, 2.24) is 10.6 Å². The molecule has 27 heavy (non-hydrogen) atoms. The summed E-state index contributed by atoms with van der Waals surface area (Å²) < 4.78 is 5.68. The molecule has 3 N–H and O–H groups in total. The summed E-state index contributed by atoms with van der Waals surface area (Å²) in [6.45, 7) is 6.85. The molecule has 0 aromatic heterocycles. The van der Waals surface area contributed by atoms with Gasteiger partial charge >= 0.3 is 0 Å². The van der Waals surface area contributed by atoms with Crippen molar-refractivity contribution in [2.45, 2.75) is 39.3 Å². The quantitative estimate of drug-likeness (QED) is 0.442. The molecule has 2 aromatic rings. The number of nitrogens with one attached hydrogen (secondary N) is 2. The van der Waals surface area contributed by atoms with Crippen LogP contribution in [0.4, 0.5) is 0 Å². The number of rotatable bonds is 10.